The predicted molar refractivity (Wildman–Crippen MR) is 99.8 cm³/mol. The summed E-state index contributed by atoms with van der Waals surface area (Å²) in [5.41, 5.74) is 3.53. The van der Waals surface area contributed by atoms with Gasteiger partial charge in [0.05, 0.1) is 17.1 Å². The van der Waals surface area contributed by atoms with E-state index in [9.17, 15) is 9.59 Å². The van der Waals surface area contributed by atoms with Crippen LogP contribution in [0.4, 0.5) is 5.69 Å². The van der Waals surface area contributed by atoms with Crippen LogP contribution in [-0.4, -0.2) is 15.3 Å². The van der Waals surface area contributed by atoms with E-state index in [1.165, 1.54) is 6.92 Å². The number of para-hydroxylation sites is 2. The van der Waals surface area contributed by atoms with E-state index < -0.39 is 0 Å². The molecule has 0 aliphatic heterocycles. The molecule has 0 saturated heterocycles. The summed E-state index contributed by atoms with van der Waals surface area (Å²) in [7, 11) is 0. The molecule has 1 heterocycles. The van der Waals surface area contributed by atoms with E-state index in [0.717, 1.165) is 22.6 Å². The van der Waals surface area contributed by atoms with Gasteiger partial charge in [0.1, 0.15) is 5.69 Å². The minimum atomic E-state index is -0.256. The molecule has 5 heteroatoms. The molecule has 5 nitrogen and oxygen atoms in total. The molecule has 1 N–H and O–H groups in total. The second kappa shape index (κ2) is 6.81. The number of carbonyl (C=O) groups excluding carboxylic acids is 1. The quantitative estimate of drug-likeness (QED) is 0.794. The SMILES string of the molecule is CCc1c(NC(C)=O)c(=O)n(-c2ccccc2C)n1-c1ccccc1. The van der Waals surface area contributed by atoms with Crippen molar-refractivity contribution in [3.8, 4) is 11.4 Å². The maximum Gasteiger partial charge on any atom is 0.295 e. The third-order valence-corrected chi connectivity index (χ3v) is 4.13. The van der Waals surface area contributed by atoms with Crippen molar-refractivity contribution < 1.29 is 4.79 Å². The summed E-state index contributed by atoms with van der Waals surface area (Å²) in [6.07, 6.45) is 0.610. The Kier molecular flexibility index (Phi) is 4.57. The van der Waals surface area contributed by atoms with Gasteiger partial charge in [0.25, 0.3) is 5.56 Å². The number of aromatic nitrogens is 2. The van der Waals surface area contributed by atoms with Crippen LogP contribution in [0.1, 0.15) is 25.1 Å². The van der Waals surface area contributed by atoms with Gasteiger partial charge < -0.3 is 5.32 Å². The molecule has 128 valence electrons. The summed E-state index contributed by atoms with van der Waals surface area (Å²) in [5, 5.41) is 2.72. The molecule has 2 aromatic carbocycles. The summed E-state index contributed by atoms with van der Waals surface area (Å²) in [4.78, 5) is 24.8. The minimum absolute atomic E-state index is 0.231. The van der Waals surface area contributed by atoms with Gasteiger partial charge in [-0.15, -0.1) is 0 Å². The molecule has 0 aliphatic carbocycles. The van der Waals surface area contributed by atoms with Crippen LogP contribution in [0.15, 0.2) is 59.4 Å². The van der Waals surface area contributed by atoms with Gasteiger partial charge in [0.2, 0.25) is 5.91 Å². The molecule has 0 unspecified atom stereocenters. The monoisotopic (exact) mass is 335 g/mol. The number of benzene rings is 2. The Labute approximate surface area is 146 Å². The van der Waals surface area contributed by atoms with Crippen LogP contribution < -0.4 is 10.9 Å². The molecule has 0 bridgehead atoms. The van der Waals surface area contributed by atoms with Gasteiger partial charge in [0.15, 0.2) is 0 Å². The minimum Gasteiger partial charge on any atom is -0.320 e. The zero-order valence-electron chi connectivity index (χ0n) is 14.6. The molecule has 0 radical (unpaired) electrons. The second-order valence-electron chi connectivity index (χ2n) is 5.91. The topological polar surface area (TPSA) is 56.0 Å². The summed E-state index contributed by atoms with van der Waals surface area (Å²) in [6.45, 7) is 5.35. The zero-order chi connectivity index (χ0) is 18.0. The highest BCUT2D eigenvalue weighted by Gasteiger charge is 2.22. The Morgan fingerprint density at radius 1 is 1.00 bits per heavy atom. The molecule has 0 saturated carbocycles. The number of hydrogen-bond acceptors (Lipinski definition) is 2. The van der Waals surface area contributed by atoms with E-state index in [1.54, 1.807) is 4.68 Å². The van der Waals surface area contributed by atoms with Gasteiger partial charge in [-0.1, -0.05) is 43.3 Å². The molecule has 0 spiro atoms. The first kappa shape index (κ1) is 16.8. The van der Waals surface area contributed by atoms with Crippen molar-refractivity contribution in [1.82, 2.24) is 9.36 Å². The Morgan fingerprint density at radius 2 is 1.64 bits per heavy atom. The fourth-order valence-corrected chi connectivity index (χ4v) is 3.03. The molecule has 1 amide bonds. The van der Waals surface area contributed by atoms with Crippen LogP contribution in [0.2, 0.25) is 0 Å². The molecule has 3 aromatic rings. The maximum atomic E-state index is 13.2. The number of amides is 1. The first-order chi connectivity index (χ1) is 12.0. The number of hydrogen-bond donors (Lipinski definition) is 1. The Hall–Kier alpha value is -3.08. The highest BCUT2D eigenvalue weighted by molar-refractivity contribution is 5.89. The second-order valence-corrected chi connectivity index (χ2v) is 5.91. The van der Waals surface area contributed by atoms with E-state index in [0.29, 0.717) is 12.1 Å². The first-order valence-corrected chi connectivity index (χ1v) is 8.30. The number of nitrogens with one attached hydrogen (secondary N) is 1. The molecule has 25 heavy (non-hydrogen) atoms. The first-order valence-electron chi connectivity index (χ1n) is 8.30. The molecule has 0 atom stereocenters. The summed E-state index contributed by atoms with van der Waals surface area (Å²) in [6, 6.07) is 17.4. The lowest BCUT2D eigenvalue weighted by molar-refractivity contribution is -0.114. The standard InChI is InChI=1S/C20H21N3O2/c1-4-17-19(21-15(3)24)20(25)23(18-13-9-8-10-14(18)2)22(17)16-11-6-5-7-12-16/h5-13H,4H2,1-3H3,(H,21,24). The highest BCUT2D eigenvalue weighted by atomic mass is 16.2. The van der Waals surface area contributed by atoms with Crippen molar-refractivity contribution in [1.29, 1.82) is 0 Å². The highest BCUT2D eigenvalue weighted by Crippen LogP contribution is 2.23. The Bertz CT molecular complexity index is 968. The molecule has 3 rings (SSSR count). The van der Waals surface area contributed by atoms with Crippen molar-refractivity contribution in [3.63, 3.8) is 0 Å². The summed E-state index contributed by atoms with van der Waals surface area (Å²) in [5.74, 6) is -0.256. The van der Waals surface area contributed by atoms with Gasteiger partial charge in [-0.2, -0.15) is 0 Å². The third-order valence-electron chi connectivity index (χ3n) is 4.13. The van der Waals surface area contributed by atoms with Crippen molar-refractivity contribution in [2.45, 2.75) is 27.2 Å². The smallest absolute Gasteiger partial charge is 0.295 e. The van der Waals surface area contributed by atoms with Gasteiger partial charge in [-0.25, -0.2) is 9.36 Å². The zero-order valence-corrected chi connectivity index (χ0v) is 14.6. The van der Waals surface area contributed by atoms with E-state index in [1.807, 2.05) is 73.1 Å². The lowest BCUT2D eigenvalue weighted by atomic mass is 10.2. The van der Waals surface area contributed by atoms with E-state index in [-0.39, 0.29) is 11.5 Å². The normalized spacial score (nSPS) is 10.7. The largest absolute Gasteiger partial charge is 0.320 e. The van der Waals surface area contributed by atoms with Gasteiger partial charge in [-0.3, -0.25) is 9.59 Å². The van der Waals surface area contributed by atoms with E-state index in [4.69, 9.17) is 0 Å². The molecule has 1 aromatic heterocycles. The van der Waals surface area contributed by atoms with Crippen LogP contribution in [-0.2, 0) is 11.2 Å². The van der Waals surface area contributed by atoms with E-state index in [2.05, 4.69) is 5.32 Å². The van der Waals surface area contributed by atoms with Crippen molar-refractivity contribution in [2.75, 3.05) is 5.32 Å². The van der Waals surface area contributed by atoms with Crippen molar-refractivity contribution >= 4 is 11.6 Å². The predicted octanol–water partition coefficient (Wildman–Crippen LogP) is 3.46. The lowest BCUT2D eigenvalue weighted by Crippen LogP contribution is -2.23. The summed E-state index contributed by atoms with van der Waals surface area (Å²) < 4.78 is 3.52. The summed E-state index contributed by atoms with van der Waals surface area (Å²) >= 11 is 0. The van der Waals surface area contributed by atoms with Gasteiger partial charge >= 0.3 is 0 Å². The van der Waals surface area contributed by atoms with Crippen LogP contribution in [0.3, 0.4) is 0 Å². The fraction of sp³-hybridized carbons (Fsp3) is 0.200. The number of rotatable bonds is 4. The van der Waals surface area contributed by atoms with Gasteiger partial charge in [0, 0.05) is 6.92 Å². The number of anilines is 1. The average Bonchev–Trinajstić information content (AvgIpc) is 2.88. The van der Waals surface area contributed by atoms with Crippen LogP contribution >= 0.6 is 0 Å². The van der Waals surface area contributed by atoms with E-state index >= 15 is 0 Å². The third kappa shape index (κ3) is 3.01. The van der Waals surface area contributed by atoms with Crippen molar-refractivity contribution in [2.24, 2.45) is 0 Å². The average molecular weight is 335 g/mol. The molecular weight excluding hydrogens is 314 g/mol. The van der Waals surface area contributed by atoms with Crippen molar-refractivity contribution in [3.05, 3.63) is 76.2 Å². The number of nitrogens with zero attached hydrogens (tertiary/aromatic N) is 2. The maximum absolute atomic E-state index is 13.2. The lowest BCUT2D eigenvalue weighted by Gasteiger charge is -2.16. The van der Waals surface area contributed by atoms with Crippen LogP contribution in [0, 0.1) is 6.92 Å². The number of carbonyl (C=O) groups is 1. The number of aryl methyl sites for hydroxylation is 1. The molecule has 0 fully saturated rings. The van der Waals surface area contributed by atoms with Crippen LogP contribution in [0.5, 0.6) is 0 Å². The van der Waals surface area contributed by atoms with Crippen LogP contribution in [0.25, 0.3) is 11.4 Å². The molecular formula is C20H21N3O2. The Balaban J connectivity index is 2.40. The molecule has 0 aliphatic rings. The fourth-order valence-electron chi connectivity index (χ4n) is 3.03. The Morgan fingerprint density at radius 3 is 2.24 bits per heavy atom. The van der Waals surface area contributed by atoms with Gasteiger partial charge in [-0.05, 0) is 37.1 Å².